The summed E-state index contributed by atoms with van der Waals surface area (Å²) in [5.41, 5.74) is 0.726. The third kappa shape index (κ3) is 4.90. The van der Waals surface area contributed by atoms with E-state index >= 15 is 0 Å². The highest BCUT2D eigenvalue weighted by Gasteiger charge is 2.17. The predicted octanol–water partition coefficient (Wildman–Crippen LogP) is 2.50. The van der Waals surface area contributed by atoms with Gasteiger partial charge < -0.3 is 9.47 Å². The lowest BCUT2D eigenvalue weighted by atomic mass is 10.2. The fourth-order valence-corrected chi connectivity index (χ4v) is 3.02. The quantitative estimate of drug-likeness (QED) is 0.590. The van der Waals surface area contributed by atoms with Gasteiger partial charge in [-0.2, -0.15) is 0 Å². The number of nitrogens with one attached hydrogen (secondary N) is 1. The normalized spacial score (nSPS) is 11.5. The van der Waals surface area contributed by atoms with Crippen molar-refractivity contribution in [1.29, 1.82) is 0 Å². The second-order valence-electron chi connectivity index (χ2n) is 5.15. The Morgan fingerprint density at radius 3 is 2.62 bits per heavy atom. The Morgan fingerprint density at radius 1 is 1.23 bits per heavy atom. The number of hydrogen-bond donors (Lipinski definition) is 1. The van der Waals surface area contributed by atoms with Crippen LogP contribution in [0, 0.1) is 5.82 Å². The second kappa shape index (κ2) is 8.59. The first-order chi connectivity index (χ1) is 12.4. The number of ether oxygens (including phenoxy) is 2. The summed E-state index contributed by atoms with van der Waals surface area (Å²) in [6.45, 7) is -0.197. The minimum absolute atomic E-state index is 0.0515. The van der Waals surface area contributed by atoms with Crippen molar-refractivity contribution in [2.24, 2.45) is 0 Å². The molecule has 0 unspecified atom stereocenters. The zero-order valence-corrected chi connectivity index (χ0v) is 15.0. The van der Waals surface area contributed by atoms with Crippen LogP contribution in [0.5, 0.6) is 5.75 Å². The van der Waals surface area contributed by atoms with Gasteiger partial charge in [-0.3, -0.25) is 0 Å². The van der Waals surface area contributed by atoms with Crippen LogP contribution < -0.4 is 9.46 Å². The van der Waals surface area contributed by atoms with Crippen LogP contribution in [0.1, 0.15) is 11.1 Å². The molecule has 0 aliphatic heterocycles. The Bertz CT molecular complexity index is 925. The number of methoxy groups -OCH3 is 1. The molecule has 2 aromatic rings. The van der Waals surface area contributed by atoms with Crippen molar-refractivity contribution in [2.75, 3.05) is 14.2 Å². The number of halogens is 1. The van der Waals surface area contributed by atoms with Crippen LogP contribution in [-0.4, -0.2) is 28.5 Å². The summed E-state index contributed by atoms with van der Waals surface area (Å²) < 4.78 is 49.7. The number of esters is 1. The van der Waals surface area contributed by atoms with Crippen LogP contribution in [0.15, 0.2) is 53.4 Å². The number of benzene rings is 2. The second-order valence-corrected chi connectivity index (χ2v) is 7.01. The zero-order chi connectivity index (χ0) is 19.2. The Morgan fingerprint density at radius 2 is 1.96 bits per heavy atom. The van der Waals surface area contributed by atoms with E-state index in [9.17, 15) is 17.6 Å². The fraction of sp³-hybridized carbons (Fsp3) is 0.167. The maximum absolute atomic E-state index is 13.5. The van der Waals surface area contributed by atoms with Crippen molar-refractivity contribution in [1.82, 2.24) is 4.72 Å². The van der Waals surface area contributed by atoms with E-state index < -0.39 is 21.8 Å². The van der Waals surface area contributed by atoms with E-state index in [4.69, 9.17) is 9.47 Å². The van der Waals surface area contributed by atoms with Gasteiger partial charge in [0.05, 0.1) is 7.11 Å². The minimum Gasteiger partial charge on any atom is -0.495 e. The summed E-state index contributed by atoms with van der Waals surface area (Å²) in [5.74, 6) is -0.956. The van der Waals surface area contributed by atoms with Gasteiger partial charge in [0.15, 0.2) is 0 Å². The van der Waals surface area contributed by atoms with Crippen molar-refractivity contribution < 1.29 is 27.1 Å². The first kappa shape index (κ1) is 19.6. The van der Waals surface area contributed by atoms with E-state index in [1.165, 1.54) is 44.5 Å². The van der Waals surface area contributed by atoms with Gasteiger partial charge in [0.1, 0.15) is 23.1 Å². The van der Waals surface area contributed by atoms with E-state index in [-0.39, 0.29) is 22.8 Å². The molecule has 0 aliphatic carbocycles. The van der Waals surface area contributed by atoms with Gasteiger partial charge in [-0.05, 0) is 36.9 Å². The van der Waals surface area contributed by atoms with Crippen molar-refractivity contribution in [3.8, 4) is 5.75 Å². The topological polar surface area (TPSA) is 81.7 Å². The molecule has 0 fully saturated rings. The van der Waals surface area contributed by atoms with Crippen LogP contribution >= 0.6 is 0 Å². The molecule has 0 radical (unpaired) electrons. The van der Waals surface area contributed by atoms with E-state index in [1.807, 2.05) is 0 Å². The van der Waals surface area contributed by atoms with Gasteiger partial charge in [0, 0.05) is 11.6 Å². The lowest BCUT2D eigenvalue weighted by Gasteiger charge is -2.09. The van der Waals surface area contributed by atoms with Gasteiger partial charge in [0.25, 0.3) is 0 Å². The van der Waals surface area contributed by atoms with Crippen LogP contribution in [0.2, 0.25) is 0 Å². The fourth-order valence-electron chi connectivity index (χ4n) is 2.09. The molecule has 1 N–H and O–H groups in total. The summed E-state index contributed by atoms with van der Waals surface area (Å²) in [7, 11) is -1.07. The molecule has 2 rings (SSSR count). The predicted molar refractivity (Wildman–Crippen MR) is 94.5 cm³/mol. The third-order valence-corrected chi connectivity index (χ3v) is 4.92. The summed E-state index contributed by atoms with van der Waals surface area (Å²) in [6, 6.07) is 10.4. The van der Waals surface area contributed by atoms with Crippen molar-refractivity contribution in [3.63, 3.8) is 0 Å². The van der Waals surface area contributed by atoms with Crippen molar-refractivity contribution in [2.45, 2.75) is 11.5 Å². The molecular formula is C18H18FNO5S. The van der Waals surface area contributed by atoms with E-state index in [0.717, 1.165) is 6.08 Å². The van der Waals surface area contributed by atoms with Crippen molar-refractivity contribution >= 4 is 22.1 Å². The molecule has 0 atom stereocenters. The molecule has 0 aliphatic rings. The molecule has 6 nitrogen and oxygen atoms in total. The molecule has 0 amide bonds. The maximum atomic E-state index is 13.5. The number of rotatable bonds is 7. The molecule has 8 heteroatoms. The lowest BCUT2D eigenvalue weighted by Crippen LogP contribution is -2.19. The van der Waals surface area contributed by atoms with Gasteiger partial charge in [-0.1, -0.05) is 24.3 Å². The lowest BCUT2D eigenvalue weighted by molar-refractivity contribution is -0.138. The highest BCUT2D eigenvalue weighted by atomic mass is 32.2. The van der Waals surface area contributed by atoms with Crippen LogP contribution in [0.3, 0.4) is 0 Å². The van der Waals surface area contributed by atoms with E-state index in [0.29, 0.717) is 5.56 Å². The molecule has 0 spiro atoms. The molecule has 0 bridgehead atoms. The van der Waals surface area contributed by atoms with Crippen LogP contribution in [0.4, 0.5) is 4.39 Å². The number of hydrogen-bond acceptors (Lipinski definition) is 5. The summed E-state index contributed by atoms with van der Waals surface area (Å²) >= 11 is 0. The highest BCUT2D eigenvalue weighted by molar-refractivity contribution is 7.89. The SMILES string of the molecule is CNS(=O)(=O)c1cc(/C=C/C(=O)OCc2ccccc2F)ccc1OC. The molecule has 26 heavy (non-hydrogen) atoms. The van der Waals surface area contributed by atoms with Crippen LogP contribution in [-0.2, 0) is 26.2 Å². The molecule has 138 valence electrons. The molecular weight excluding hydrogens is 361 g/mol. The number of carbonyl (C=O) groups excluding carboxylic acids is 1. The Balaban J connectivity index is 2.11. The van der Waals surface area contributed by atoms with E-state index in [1.54, 1.807) is 18.2 Å². The molecule has 0 saturated carbocycles. The summed E-state index contributed by atoms with van der Waals surface area (Å²) in [4.78, 5) is 11.7. The Kier molecular flexibility index (Phi) is 6.48. The van der Waals surface area contributed by atoms with E-state index in [2.05, 4.69) is 4.72 Å². The number of carbonyl (C=O) groups is 1. The molecule has 2 aromatic carbocycles. The zero-order valence-electron chi connectivity index (χ0n) is 14.2. The maximum Gasteiger partial charge on any atom is 0.331 e. The first-order valence-electron chi connectivity index (χ1n) is 7.57. The standard InChI is InChI=1S/C18H18FNO5S/c1-20-26(22,23)17-11-13(7-9-16(17)24-2)8-10-18(21)25-12-14-5-3-4-6-15(14)19/h3-11,20H,12H2,1-2H3/b10-8+. The Labute approximate surface area is 151 Å². The molecule has 0 heterocycles. The van der Waals surface area contributed by atoms with Gasteiger partial charge in [-0.25, -0.2) is 22.3 Å². The largest absolute Gasteiger partial charge is 0.495 e. The Hall–Kier alpha value is -2.71. The average Bonchev–Trinajstić information content (AvgIpc) is 2.65. The summed E-state index contributed by atoms with van der Waals surface area (Å²) in [6.07, 6.45) is 2.54. The van der Waals surface area contributed by atoms with Crippen LogP contribution in [0.25, 0.3) is 6.08 Å². The monoisotopic (exact) mass is 379 g/mol. The smallest absolute Gasteiger partial charge is 0.331 e. The van der Waals surface area contributed by atoms with Gasteiger partial charge in [0.2, 0.25) is 10.0 Å². The minimum atomic E-state index is -3.72. The highest BCUT2D eigenvalue weighted by Crippen LogP contribution is 2.25. The van der Waals surface area contributed by atoms with Gasteiger partial charge in [-0.15, -0.1) is 0 Å². The molecule has 0 saturated heterocycles. The average molecular weight is 379 g/mol. The molecule has 0 aromatic heterocycles. The first-order valence-corrected chi connectivity index (χ1v) is 9.05. The number of sulfonamides is 1. The van der Waals surface area contributed by atoms with Gasteiger partial charge >= 0.3 is 5.97 Å². The van der Waals surface area contributed by atoms with Crippen molar-refractivity contribution in [3.05, 3.63) is 65.5 Å². The third-order valence-electron chi connectivity index (χ3n) is 3.49. The summed E-state index contributed by atoms with van der Waals surface area (Å²) in [5, 5.41) is 0.